The first-order valence-electron chi connectivity index (χ1n) is 4.08. The molecule has 2 rings (SSSR count). The van der Waals surface area contributed by atoms with Gasteiger partial charge in [0, 0.05) is 4.90 Å². The fourth-order valence-corrected chi connectivity index (χ4v) is 3.58. The van der Waals surface area contributed by atoms with Gasteiger partial charge < -0.3 is 0 Å². The van der Waals surface area contributed by atoms with Crippen LogP contribution in [-0.4, -0.2) is 10.8 Å². The molecule has 0 fully saturated rings. The minimum atomic E-state index is 0.752. The number of thioether (sulfide) groups is 2. The SMILES string of the molecule is CSC1Cc2ccc(C)cc2S1. The highest BCUT2D eigenvalue weighted by Gasteiger charge is 2.20. The van der Waals surface area contributed by atoms with Gasteiger partial charge in [0.1, 0.15) is 0 Å². The maximum Gasteiger partial charge on any atom is 0.0587 e. The van der Waals surface area contributed by atoms with Crippen molar-refractivity contribution in [3.63, 3.8) is 0 Å². The molecule has 1 atom stereocenters. The Morgan fingerprint density at radius 3 is 3.08 bits per heavy atom. The largest absolute Gasteiger partial charge is 0.150 e. The maximum atomic E-state index is 2.30. The first kappa shape index (κ1) is 8.52. The van der Waals surface area contributed by atoms with Gasteiger partial charge in [0.2, 0.25) is 0 Å². The zero-order valence-corrected chi connectivity index (χ0v) is 8.97. The van der Waals surface area contributed by atoms with Crippen LogP contribution in [-0.2, 0) is 6.42 Å². The smallest absolute Gasteiger partial charge is 0.0587 e. The Morgan fingerprint density at radius 2 is 2.33 bits per heavy atom. The van der Waals surface area contributed by atoms with Crippen LogP contribution >= 0.6 is 23.5 Å². The number of aryl methyl sites for hydroxylation is 1. The highest BCUT2D eigenvalue weighted by Crippen LogP contribution is 2.41. The van der Waals surface area contributed by atoms with Crippen LogP contribution in [0.4, 0.5) is 0 Å². The van der Waals surface area contributed by atoms with Gasteiger partial charge in [-0.1, -0.05) is 12.1 Å². The lowest BCUT2D eigenvalue weighted by Gasteiger charge is -2.00. The summed E-state index contributed by atoms with van der Waals surface area (Å²) in [6.07, 6.45) is 3.43. The van der Waals surface area contributed by atoms with Crippen molar-refractivity contribution in [2.75, 3.05) is 6.26 Å². The second-order valence-electron chi connectivity index (χ2n) is 3.10. The van der Waals surface area contributed by atoms with E-state index in [9.17, 15) is 0 Å². The van der Waals surface area contributed by atoms with Crippen LogP contribution in [0.15, 0.2) is 23.1 Å². The lowest BCUT2D eigenvalue weighted by molar-refractivity contribution is 1.10. The van der Waals surface area contributed by atoms with E-state index in [0.29, 0.717) is 0 Å². The molecule has 0 saturated carbocycles. The predicted molar refractivity (Wildman–Crippen MR) is 58.0 cm³/mol. The van der Waals surface area contributed by atoms with Crippen molar-refractivity contribution in [1.29, 1.82) is 0 Å². The van der Waals surface area contributed by atoms with Gasteiger partial charge in [-0.15, -0.1) is 11.8 Å². The summed E-state index contributed by atoms with van der Waals surface area (Å²) in [6.45, 7) is 2.16. The number of fused-ring (bicyclic) bond motifs is 1. The summed E-state index contributed by atoms with van der Waals surface area (Å²) < 4.78 is 0.752. The van der Waals surface area contributed by atoms with Crippen LogP contribution in [0.5, 0.6) is 0 Å². The molecule has 1 aliphatic heterocycles. The second kappa shape index (κ2) is 3.35. The summed E-state index contributed by atoms with van der Waals surface area (Å²) in [5.41, 5.74) is 2.91. The van der Waals surface area contributed by atoms with Crippen molar-refractivity contribution in [1.82, 2.24) is 0 Å². The van der Waals surface area contributed by atoms with Gasteiger partial charge >= 0.3 is 0 Å². The standard InChI is InChI=1S/C10H12S2/c1-7-3-4-8-6-10(11-2)12-9(8)5-7/h3-5,10H,6H2,1-2H3. The molecule has 0 bridgehead atoms. The topological polar surface area (TPSA) is 0 Å². The van der Waals surface area contributed by atoms with E-state index in [1.165, 1.54) is 22.4 Å². The third-order valence-corrected chi connectivity index (χ3v) is 4.75. The molecular weight excluding hydrogens is 184 g/mol. The molecule has 0 aromatic heterocycles. The van der Waals surface area contributed by atoms with Gasteiger partial charge in [-0.05, 0) is 36.8 Å². The summed E-state index contributed by atoms with van der Waals surface area (Å²) in [4.78, 5) is 1.49. The van der Waals surface area contributed by atoms with E-state index >= 15 is 0 Å². The lowest BCUT2D eigenvalue weighted by atomic mass is 10.1. The summed E-state index contributed by atoms with van der Waals surface area (Å²) in [6, 6.07) is 6.78. The van der Waals surface area contributed by atoms with Crippen LogP contribution in [0.3, 0.4) is 0 Å². The van der Waals surface area contributed by atoms with Crippen LogP contribution in [0, 0.1) is 6.92 Å². The minimum absolute atomic E-state index is 0.752. The molecule has 1 aromatic rings. The average Bonchev–Trinajstić information content (AvgIpc) is 2.46. The third kappa shape index (κ3) is 1.50. The van der Waals surface area contributed by atoms with Crippen molar-refractivity contribution in [3.8, 4) is 0 Å². The van der Waals surface area contributed by atoms with Crippen LogP contribution in [0.1, 0.15) is 11.1 Å². The number of hydrogen-bond acceptors (Lipinski definition) is 2. The molecule has 2 heteroatoms. The Labute approximate surface area is 82.1 Å². The van der Waals surface area contributed by atoms with E-state index in [0.717, 1.165) is 4.58 Å². The van der Waals surface area contributed by atoms with Crippen molar-refractivity contribution in [2.24, 2.45) is 0 Å². The zero-order chi connectivity index (χ0) is 8.55. The fourth-order valence-electron chi connectivity index (χ4n) is 1.43. The highest BCUT2D eigenvalue weighted by atomic mass is 32.2. The van der Waals surface area contributed by atoms with Gasteiger partial charge in [0.15, 0.2) is 0 Å². The molecule has 0 N–H and O–H groups in total. The Bertz CT molecular complexity index is 294. The van der Waals surface area contributed by atoms with Gasteiger partial charge in [-0.25, -0.2) is 0 Å². The minimum Gasteiger partial charge on any atom is -0.150 e. The van der Waals surface area contributed by atoms with Crippen molar-refractivity contribution >= 4 is 23.5 Å². The summed E-state index contributed by atoms with van der Waals surface area (Å²) in [5, 5.41) is 0. The monoisotopic (exact) mass is 196 g/mol. The lowest BCUT2D eigenvalue weighted by Crippen LogP contribution is -1.91. The second-order valence-corrected chi connectivity index (χ2v) is 5.68. The van der Waals surface area contributed by atoms with Gasteiger partial charge in [0.05, 0.1) is 4.58 Å². The van der Waals surface area contributed by atoms with E-state index in [2.05, 4.69) is 31.4 Å². The average molecular weight is 196 g/mol. The Morgan fingerprint density at radius 1 is 1.50 bits per heavy atom. The van der Waals surface area contributed by atoms with Gasteiger partial charge in [-0.2, -0.15) is 11.8 Å². The van der Waals surface area contributed by atoms with Crippen LogP contribution < -0.4 is 0 Å². The number of benzene rings is 1. The van der Waals surface area contributed by atoms with Gasteiger partial charge in [-0.3, -0.25) is 0 Å². The van der Waals surface area contributed by atoms with E-state index in [1.807, 2.05) is 23.5 Å². The quantitative estimate of drug-likeness (QED) is 0.675. The molecule has 0 amide bonds. The molecule has 1 aromatic carbocycles. The highest BCUT2D eigenvalue weighted by molar-refractivity contribution is 8.17. The summed E-state index contributed by atoms with van der Waals surface area (Å²) in [7, 11) is 0. The van der Waals surface area contributed by atoms with Gasteiger partial charge in [0.25, 0.3) is 0 Å². The number of rotatable bonds is 1. The maximum absolute atomic E-state index is 2.30. The Kier molecular flexibility index (Phi) is 2.37. The molecule has 1 aliphatic rings. The van der Waals surface area contributed by atoms with Crippen molar-refractivity contribution in [2.45, 2.75) is 22.8 Å². The zero-order valence-electron chi connectivity index (χ0n) is 7.33. The van der Waals surface area contributed by atoms with Crippen LogP contribution in [0.2, 0.25) is 0 Å². The number of hydrogen-bond donors (Lipinski definition) is 0. The van der Waals surface area contributed by atoms with E-state index < -0.39 is 0 Å². The van der Waals surface area contributed by atoms with E-state index in [1.54, 1.807) is 0 Å². The molecule has 12 heavy (non-hydrogen) atoms. The molecule has 1 heterocycles. The Balaban J connectivity index is 2.30. The first-order valence-corrected chi connectivity index (χ1v) is 6.25. The molecule has 1 unspecified atom stereocenters. The molecule has 0 radical (unpaired) electrons. The normalized spacial score (nSPS) is 21.0. The molecule has 0 saturated heterocycles. The Hall–Kier alpha value is -0.0800. The first-order chi connectivity index (χ1) is 5.79. The third-order valence-electron chi connectivity index (χ3n) is 2.13. The molecule has 0 aliphatic carbocycles. The summed E-state index contributed by atoms with van der Waals surface area (Å²) in [5.74, 6) is 0. The molecule has 64 valence electrons. The van der Waals surface area contributed by atoms with E-state index in [4.69, 9.17) is 0 Å². The summed E-state index contributed by atoms with van der Waals surface area (Å²) >= 11 is 3.97. The molecular formula is C10H12S2. The van der Waals surface area contributed by atoms with Crippen LogP contribution in [0.25, 0.3) is 0 Å². The predicted octanol–water partition coefficient (Wildman–Crippen LogP) is 3.33. The molecule has 0 nitrogen and oxygen atoms in total. The van der Waals surface area contributed by atoms with E-state index in [-0.39, 0.29) is 0 Å². The van der Waals surface area contributed by atoms with Crippen molar-refractivity contribution in [3.05, 3.63) is 29.3 Å². The molecule has 0 spiro atoms. The van der Waals surface area contributed by atoms with Crippen molar-refractivity contribution < 1.29 is 0 Å². The fraction of sp³-hybridized carbons (Fsp3) is 0.400.